The van der Waals surface area contributed by atoms with Crippen molar-refractivity contribution in [1.82, 2.24) is 14.9 Å². The number of rotatable bonds is 2. The summed E-state index contributed by atoms with van der Waals surface area (Å²) in [5.74, 6) is 6.79. The number of hydrogen-bond acceptors (Lipinski definition) is 5. The zero-order chi connectivity index (χ0) is 13.6. The molecule has 0 aliphatic carbocycles. The van der Waals surface area contributed by atoms with Gasteiger partial charge in [0.2, 0.25) is 5.82 Å². The highest BCUT2D eigenvalue weighted by Crippen LogP contribution is 2.17. The van der Waals surface area contributed by atoms with Crippen LogP contribution in [0.1, 0.15) is 18.7 Å². The maximum Gasteiger partial charge on any atom is 0.204 e. The van der Waals surface area contributed by atoms with Crippen molar-refractivity contribution in [1.29, 1.82) is 0 Å². The van der Waals surface area contributed by atoms with Crippen LogP contribution in [0.2, 0.25) is 0 Å². The third-order valence-electron chi connectivity index (χ3n) is 3.72. The summed E-state index contributed by atoms with van der Waals surface area (Å²) in [6.07, 6.45) is 6.30. The van der Waals surface area contributed by atoms with Crippen molar-refractivity contribution in [2.45, 2.75) is 12.8 Å². The van der Waals surface area contributed by atoms with E-state index in [1.54, 1.807) is 0 Å². The second-order valence-corrected chi connectivity index (χ2v) is 5.15. The zero-order valence-corrected chi connectivity index (χ0v) is 11.7. The maximum absolute atomic E-state index is 5.31. The van der Waals surface area contributed by atoms with Crippen molar-refractivity contribution in [3.8, 4) is 11.8 Å². The van der Waals surface area contributed by atoms with Gasteiger partial charge in [-0.3, -0.25) is 4.90 Å². The first-order chi connectivity index (χ1) is 9.92. The van der Waals surface area contributed by atoms with Gasteiger partial charge in [-0.15, -0.1) is 0 Å². The molecule has 5 heteroatoms. The van der Waals surface area contributed by atoms with Crippen LogP contribution in [0.4, 0.5) is 5.69 Å². The lowest BCUT2D eigenvalue weighted by atomic mass is 10.4. The van der Waals surface area contributed by atoms with Gasteiger partial charge in [-0.2, -0.15) is 0 Å². The van der Waals surface area contributed by atoms with Crippen molar-refractivity contribution in [2.24, 2.45) is 0 Å². The second kappa shape index (κ2) is 6.69. The van der Waals surface area contributed by atoms with E-state index in [9.17, 15) is 0 Å². The molecule has 106 valence electrons. The van der Waals surface area contributed by atoms with Gasteiger partial charge >= 0.3 is 0 Å². The van der Waals surface area contributed by atoms with Crippen LogP contribution in [-0.4, -0.2) is 60.8 Å². The Morgan fingerprint density at radius 3 is 2.45 bits per heavy atom. The molecule has 2 saturated heterocycles. The SMILES string of the molecule is C(#Cc1ncc(N2CCCC2)cn1)CN1CCOCC1. The summed E-state index contributed by atoms with van der Waals surface area (Å²) >= 11 is 0. The Morgan fingerprint density at radius 1 is 1.05 bits per heavy atom. The van der Waals surface area contributed by atoms with E-state index in [2.05, 4.69) is 31.6 Å². The van der Waals surface area contributed by atoms with E-state index in [4.69, 9.17) is 4.74 Å². The third-order valence-corrected chi connectivity index (χ3v) is 3.72. The number of ether oxygens (including phenoxy) is 1. The molecular formula is C15H20N4O. The minimum absolute atomic E-state index is 0.612. The van der Waals surface area contributed by atoms with Crippen LogP contribution < -0.4 is 4.90 Å². The van der Waals surface area contributed by atoms with E-state index >= 15 is 0 Å². The topological polar surface area (TPSA) is 41.5 Å². The average Bonchev–Trinajstić information content (AvgIpc) is 3.03. The number of nitrogens with zero attached hydrogens (tertiary/aromatic N) is 4. The summed E-state index contributed by atoms with van der Waals surface area (Å²) in [7, 11) is 0. The number of morpholine rings is 1. The number of aromatic nitrogens is 2. The fourth-order valence-corrected chi connectivity index (χ4v) is 2.51. The molecule has 0 saturated carbocycles. The molecule has 0 atom stereocenters. The van der Waals surface area contributed by atoms with E-state index in [0.29, 0.717) is 5.82 Å². The predicted octanol–water partition coefficient (Wildman–Crippen LogP) is 0.760. The molecule has 0 spiro atoms. The van der Waals surface area contributed by atoms with Gasteiger partial charge < -0.3 is 9.64 Å². The highest BCUT2D eigenvalue weighted by Gasteiger charge is 2.12. The summed E-state index contributed by atoms with van der Waals surface area (Å²) in [4.78, 5) is 13.3. The van der Waals surface area contributed by atoms with Gasteiger partial charge in [0.05, 0.1) is 37.8 Å². The average molecular weight is 272 g/mol. The molecule has 0 aromatic carbocycles. The van der Waals surface area contributed by atoms with Crippen LogP contribution in [0, 0.1) is 11.8 Å². The molecule has 0 radical (unpaired) electrons. The summed E-state index contributed by atoms with van der Waals surface area (Å²) < 4.78 is 5.31. The summed E-state index contributed by atoms with van der Waals surface area (Å²) in [5.41, 5.74) is 1.11. The van der Waals surface area contributed by atoms with E-state index < -0.39 is 0 Å². The van der Waals surface area contributed by atoms with Crippen LogP contribution >= 0.6 is 0 Å². The van der Waals surface area contributed by atoms with Crippen molar-refractivity contribution < 1.29 is 4.74 Å². The lowest BCUT2D eigenvalue weighted by Crippen LogP contribution is -2.36. The fourth-order valence-electron chi connectivity index (χ4n) is 2.51. The quantitative estimate of drug-likeness (QED) is 0.744. The van der Waals surface area contributed by atoms with E-state index in [-0.39, 0.29) is 0 Å². The minimum atomic E-state index is 0.612. The molecule has 1 aromatic rings. The van der Waals surface area contributed by atoms with Crippen molar-refractivity contribution in [3.63, 3.8) is 0 Å². The Bertz CT molecular complexity index is 479. The van der Waals surface area contributed by atoms with Crippen LogP contribution in [0.3, 0.4) is 0 Å². The normalized spacial score (nSPS) is 19.7. The Labute approximate surface area is 120 Å². The Kier molecular flexibility index (Phi) is 4.46. The molecule has 2 aliphatic rings. The van der Waals surface area contributed by atoms with E-state index in [1.807, 2.05) is 12.4 Å². The fraction of sp³-hybridized carbons (Fsp3) is 0.600. The Balaban J connectivity index is 1.55. The van der Waals surface area contributed by atoms with Crippen molar-refractivity contribution in [3.05, 3.63) is 18.2 Å². The van der Waals surface area contributed by atoms with Crippen molar-refractivity contribution in [2.75, 3.05) is 50.8 Å². The van der Waals surface area contributed by atoms with E-state index in [1.165, 1.54) is 12.8 Å². The monoisotopic (exact) mass is 272 g/mol. The molecule has 3 heterocycles. The predicted molar refractivity (Wildman–Crippen MR) is 77.6 cm³/mol. The molecule has 1 aromatic heterocycles. The van der Waals surface area contributed by atoms with Crippen LogP contribution in [0.25, 0.3) is 0 Å². The molecule has 0 unspecified atom stereocenters. The zero-order valence-electron chi connectivity index (χ0n) is 11.7. The summed E-state index contributed by atoms with van der Waals surface area (Å²) in [6.45, 7) is 6.54. The number of anilines is 1. The van der Waals surface area contributed by atoms with E-state index in [0.717, 1.165) is 51.6 Å². The van der Waals surface area contributed by atoms with Gasteiger partial charge in [0, 0.05) is 26.2 Å². The smallest absolute Gasteiger partial charge is 0.204 e. The number of hydrogen-bond donors (Lipinski definition) is 0. The molecule has 20 heavy (non-hydrogen) atoms. The Hall–Kier alpha value is -1.64. The van der Waals surface area contributed by atoms with Gasteiger partial charge in [0.15, 0.2) is 0 Å². The first-order valence-electron chi connectivity index (χ1n) is 7.28. The van der Waals surface area contributed by atoms with Crippen LogP contribution in [0.15, 0.2) is 12.4 Å². The highest BCUT2D eigenvalue weighted by molar-refractivity contribution is 5.43. The minimum Gasteiger partial charge on any atom is -0.379 e. The molecule has 2 fully saturated rings. The van der Waals surface area contributed by atoms with Gasteiger partial charge in [0.25, 0.3) is 0 Å². The first kappa shape index (κ1) is 13.3. The Morgan fingerprint density at radius 2 is 1.75 bits per heavy atom. The first-order valence-corrected chi connectivity index (χ1v) is 7.28. The highest BCUT2D eigenvalue weighted by atomic mass is 16.5. The molecule has 5 nitrogen and oxygen atoms in total. The van der Waals surface area contributed by atoms with Gasteiger partial charge in [-0.25, -0.2) is 9.97 Å². The largest absolute Gasteiger partial charge is 0.379 e. The molecule has 0 bridgehead atoms. The molecule has 2 aliphatic heterocycles. The van der Waals surface area contributed by atoms with Crippen molar-refractivity contribution >= 4 is 5.69 Å². The van der Waals surface area contributed by atoms with Gasteiger partial charge in [-0.1, -0.05) is 5.92 Å². The lowest BCUT2D eigenvalue weighted by Gasteiger charge is -2.24. The maximum atomic E-state index is 5.31. The van der Waals surface area contributed by atoms with Crippen LogP contribution in [0.5, 0.6) is 0 Å². The standard InChI is InChI=1S/C15H20N4O/c1-2-7-19(6-1)14-12-16-15(17-13-14)4-3-5-18-8-10-20-11-9-18/h12-13H,1-2,5-11H2. The molecule has 0 N–H and O–H groups in total. The molecule has 0 amide bonds. The third kappa shape index (κ3) is 3.47. The van der Waals surface area contributed by atoms with Gasteiger partial charge in [0.1, 0.15) is 0 Å². The van der Waals surface area contributed by atoms with Gasteiger partial charge in [-0.05, 0) is 18.8 Å². The summed E-state index contributed by atoms with van der Waals surface area (Å²) in [5, 5.41) is 0. The lowest BCUT2D eigenvalue weighted by molar-refractivity contribution is 0.0443. The molecular weight excluding hydrogens is 252 g/mol. The summed E-state index contributed by atoms with van der Waals surface area (Å²) in [6, 6.07) is 0. The second-order valence-electron chi connectivity index (χ2n) is 5.15. The van der Waals surface area contributed by atoms with Crippen LogP contribution in [-0.2, 0) is 4.74 Å². The molecule has 3 rings (SSSR count).